The van der Waals surface area contributed by atoms with Crippen molar-refractivity contribution < 1.29 is 14.3 Å². The Bertz CT molecular complexity index is 1040. The third-order valence-electron chi connectivity index (χ3n) is 7.83. The van der Waals surface area contributed by atoms with Crippen LogP contribution in [0.1, 0.15) is 64.8 Å². The van der Waals surface area contributed by atoms with E-state index in [1.807, 2.05) is 25.1 Å². The molecule has 4 nitrogen and oxygen atoms in total. The van der Waals surface area contributed by atoms with E-state index in [1.165, 1.54) is 45.6 Å². The first kappa shape index (κ1) is 21.5. The van der Waals surface area contributed by atoms with E-state index < -0.39 is 0 Å². The number of benzene rings is 2. The van der Waals surface area contributed by atoms with Crippen molar-refractivity contribution in [3.8, 4) is 11.1 Å². The van der Waals surface area contributed by atoms with Crippen molar-refractivity contribution in [1.29, 1.82) is 0 Å². The van der Waals surface area contributed by atoms with E-state index in [0.29, 0.717) is 16.1 Å². The van der Waals surface area contributed by atoms with Crippen molar-refractivity contribution in [3.05, 3.63) is 58.1 Å². The molecule has 32 heavy (non-hydrogen) atoms. The van der Waals surface area contributed by atoms with Crippen LogP contribution in [0.5, 0.6) is 0 Å². The van der Waals surface area contributed by atoms with Crippen molar-refractivity contribution in [1.82, 2.24) is 5.32 Å². The zero-order valence-corrected chi connectivity index (χ0v) is 19.5. The molecule has 0 saturated heterocycles. The summed E-state index contributed by atoms with van der Waals surface area (Å²) in [6.07, 6.45) is 7.95. The number of methoxy groups -OCH3 is 1. The van der Waals surface area contributed by atoms with Crippen LogP contribution < -0.4 is 5.32 Å². The van der Waals surface area contributed by atoms with Crippen molar-refractivity contribution >= 4 is 23.5 Å². The number of nitrogens with one attached hydrogen (secondary N) is 1. The molecule has 4 aliphatic carbocycles. The summed E-state index contributed by atoms with van der Waals surface area (Å²) in [6.45, 7) is 2.68. The van der Waals surface area contributed by atoms with Crippen LogP contribution in [0.4, 0.5) is 0 Å². The van der Waals surface area contributed by atoms with Gasteiger partial charge in [0.15, 0.2) is 0 Å². The molecule has 2 aromatic carbocycles. The summed E-state index contributed by atoms with van der Waals surface area (Å²) in [7, 11) is 1.37. The number of amides is 1. The number of carbonyl (C=O) groups is 2. The summed E-state index contributed by atoms with van der Waals surface area (Å²) in [6, 6.07) is 11.0. The van der Waals surface area contributed by atoms with Crippen LogP contribution in [0.15, 0.2) is 36.4 Å². The van der Waals surface area contributed by atoms with E-state index in [0.717, 1.165) is 41.0 Å². The highest BCUT2D eigenvalue weighted by Crippen LogP contribution is 2.59. The average molecular weight is 452 g/mol. The largest absolute Gasteiger partial charge is 0.465 e. The number of hydrogen-bond donors (Lipinski definition) is 1. The second-order valence-electron chi connectivity index (χ2n) is 10.4. The Morgan fingerprint density at radius 1 is 1.00 bits per heavy atom. The average Bonchev–Trinajstić information content (AvgIpc) is 2.76. The molecule has 0 atom stereocenters. The van der Waals surface area contributed by atoms with Gasteiger partial charge in [-0.2, -0.15) is 0 Å². The quantitative estimate of drug-likeness (QED) is 0.563. The maximum absolute atomic E-state index is 13.2. The molecule has 5 heteroatoms. The molecule has 0 aliphatic heterocycles. The molecule has 1 N–H and O–H groups in total. The first-order valence-corrected chi connectivity index (χ1v) is 12.0. The Hall–Kier alpha value is -2.33. The number of ether oxygens (including phenoxy) is 1. The minimum Gasteiger partial charge on any atom is -0.465 e. The van der Waals surface area contributed by atoms with Gasteiger partial charge in [-0.25, -0.2) is 4.79 Å². The highest BCUT2D eigenvalue weighted by Gasteiger charge is 2.50. The van der Waals surface area contributed by atoms with Gasteiger partial charge >= 0.3 is 5.97 Å². The van der Waals surface area contributed by atoms with Gasteiger partial charge in [-0.3, -0.25) is 4.79 Å². The lowest BCUT2D eigenvalue weighted by Crippen LogP contribution is -2.51. The normalized spacial score (nSPS) is 27.9. The molecule has 4 bridgehead atoms. The molecule has 1 amide bonds. The number of carbonyl (C=O) groups excluding carboxylic acids is 2. The third-order valence-corrected chi connectivity index (χ3v) is 8.16. The molecule has 0 radical (unpaired) electrons. The fraction of sp³-hybridized carbons (Fsp3) is 0.481. The molecule has 6 rings (SSSR count). The molecule has 0 spiro atoms. The molecule has 4 saturated carbocycles. The lowest BCUT2D eigenvalue weighted by Gasteiger charge is -2.56. The van der Waals surface area contributed by atoms with Gasteiger partial charge in [0.05, 0.1) is 23.3 Å². The maximum atomic E-state index is 13.2. The van der Waals surface area contributed by atoms with Crippen molar-refractivity contribution in [2.45, 2.75) is 45.4 Å². The third kappa shape index (κ3) is 4.05. The summed E-state index contributed by atoms with van der Waals surface area (Å²) in [5.41, 5.74) is 3.91. The van der Waals surface area contributed by atoms with E-state index in [-0.39, 0.29) is 17.3 Å². The van der Waals surface area contributed by atoms with Gasteiger partial charge < -0.3 is 10.1 Å². The zero-order valence-electron chi connectivity index (χ0n) is 18.7. The maximum Gasteiger partial charge on any atom is 0.337 e. The van der Waals surface area contributed by atoms with Gasteiger partial charge in [0.2, 0.25) is 0 Å². The highest BCUT2D eigenvalue weighted by molar-refractivity contribution is 6.34. The van der Waals surface area contributed by atoms with Gasteiger partial charge in [-0.15, -0.1) is 0 Å². The van der Waals surface area contributed by atoms with Gasteiger partial charge in [-0.05, 0) is 110 Å². The van der Waals surface area contributed by atoms with Crippen LogP contribution in [0, 0.1) is 30.1 Å². The molecular weight excluding hydrogens is 422 g/mol. The van der Waals surface area contributed by atoms with E-state index in [2.05, 4.69) is 5.32 Å². The van der Waals surface area contributed by atoms with Crippen molar-refractivity contribution in [2.24, 2.45) is 23.2 Å². The summed E-state index contributed by atoms with van der Waals surface area (Å²) < 4.78 is 4.87. The SMILES string of the molecule is COC(=O)c1cc(C)cc(-c2ccc(Cl)c(C(=O)NCC34CC5CC(CC(C5)C3)C4)c2)c1. The molecule has 168 valence electrons. The van der Waals surface area contributed by atoms with Crippen LogP contribution in [-0.2, 0) is 4.74 Å². The number of hydrogen-bond acceptors (Lipinski definition) is 3. The van der Waals surface area contributed by atoms with Gasteiger partial charge in [0, 0.05) is 6.54 Å². The molecule has 4 aliphatic rings. The lowest BCUT2D eigenvalue weighted by molar-refractivity contribution is -0.0503. The summed E-state index contributed by atoms with van der Waals surface area (Å²) in [5.74, 6) is 2.08. The summed E-state index contributed by atoms with van der Waals surface area (Å²) in [5, 5.41) is 3.67. The van der Waals surface area contributed by atoms with Crippen LogP contribution in [-0.4, -0.2) is 25.5 Å². The van der Waals surface area contributed by atoms with E-state index in [1.54, 1.807) is 18.2 Å². The fourth-order valence-corrected chi connectivity index (χ4v) is 7.14. The predicted octanol–water partition coefficient (Wildman–Crippen LogP) is 6.05. The second kappa shape index (κ2) is 8.22. The Morgan fingerprint density at radius 2 is 1.66 bits per heavy atom. The molecule has 2 aromatic rings. The number of esters is 1. The minimum atomic E-state index is -0.377. The lowest BCUT2D eigenvalue weighted by atomic mass is 9.49. The molecule has 4 fully saturated rings. The summed E-state index contributed by atoms with van der Waals surface area (Å²) >= 11 is 6.43. The van der Waals surface area contributed by atoms with Crippen LogP contribution in [0.2, 0.25) is 5.02 Å². The molecule has 0 aromatic heterocycles. The predicted molar refractivity (Wildman–Crippen MR) is 126 cm³/mol. The first-order chi connectivity index (χ1) is 15.3. The smallest absolute Gasteiger partial charge is 0.337 e. The van der Waals surface area contributed by atoms with Crippen molar-refractivity contribution in [3.63, 3.8) is 0 Å². The highest BCUT2D eigenvalue weighted by atomic mass is 35.5. The van der Waals surface area contributed by atoms with Crippen LogP contribution in [0.25, 0.3) is 11.1 Å². The minimum absolute atomic E-state index is 0.117. The fourth-order valence-electron chi connectivity index (χ4n) is 6.93. The second-order valence-corrected chi connectivity index (χ2v) is 10.8. The number of rotatable bonds is 5. The van der Waals surface area contributed by atoms with Gasteiger partial charge in [0.25, 0.3) is 5.91 Å². The van der Waals surface area contributed by atoms with Crippen LogP contribution in [0.3, 0.4) is 0 Å². The van der Waals surface area contributed by atoms with E-state index in [9.17, 15) is 9.59 Å². The van der Waals surface area contributed by atoms with Gasteiger partial charge in [0.1, 0.15) is 0 Å². The first-order valence-electron chi connectivity index (χ1n) is 11.6. The van der Waals surface area contributed by atoms with E-state index >= 15 is 0 Å². The molecular formula is C27H30ClNO3. The van der Waals surface area contributed by atoms with E-state index in [4.69, 9.17) is 16.3 Å². The Kier molecular flexibility index (Phi) is 5.53. The monoisotopic (exact) mass is 451 g/mol. The van der Waals surface area contributed by atoms with Crippen molar-refractivity contribution in [2.75, 3.05) is 13.7 Å². The Balaban J connectivity index is 1.36. The van der Waals surface area contributed by atoms with Gasteiger partial charge in [-0.1, -0.05) is 23.7 Å². The summed E-state index contributed by atoms with van der Waals surface area (Å²) in [4.78, 5) is 25.2. The Morgan fingerprint density at radius 3 is 2.28 bits per heavy atom. The molecule has 0 heterocycles. The van der Waals surface area contributed by atoms with Crippen LogP contribution >= 0.6 is 11.6 Å². The topological polar surface area (TPSA) is 55.4 Å². The zero-order chi connectivity index (χ0) is 22.5. The standard InChI is InChI=1S/C27H30ClNO3/c1-16-5-21(10-22(6-16)26(31)32-2)20-3-4-24(28)23(11-20)25(30)29-15-27-12-17-7-18(13-27)9-19(8-17)14-27/h3-6,10-11,17-19H,7-9,12-15H2,1-2H3,(H,29,30). The number of aryl methyl sites for hydroxylation is 1. The Labute approximate surface area is 194 Å². The number of halogens is 1. The molecule has 0 unspecified atom stereocenters.